The second-order valence-electron chi connectivity index (χ2n) is 8.49. The van der Waals surface area contributed by atoms with Crippen LogP contribution in [0.15, 0.2) is 24.3 Å². The lowest BCUT2D eigenvalue weighted by Crippen LogP contribution is -2.76. The van der Waals surface area contributed by atoms with Crippen molar-refractivity contribution in [3.05, 3.63) is 35.6 Å². The number of nitrogens with zero attached hydrogens (tertiary/aromatic N) is 1. The van der Waals surface area contributed by atoms with Gasteiger partial charge >= 0.3 is 0 Å². The van der Waals surface area contributed by atoms with Crippen molar-refractivity contribution in [1.82, 2.24) is 10.2 Å². The number of nitrogens with two attached hydrogens (primary N) is 1. The maximum Gasteiger partial charge on any atom is 0.241 e. The van der Waals surface area contributed by atoms with Crippen LogP contribution in [-0.4, -0.2) is 48.2 Å². The van der Waals surface area contributed by atoms with E-state index < -0.39 is 5.54 Å². The van der Waals surface area contributed by atoms with Gasteiger partial charge in [-0.3, -0.25) is 9.69 Å². The number of carbonyl (C=O) groups excluding carboxylic acids is 1. The summed E-state index contributed by atoms with van der Waals surface area (Å²) in [7, 11) is 0. The maximum absolute atomic E-state index is 13.0. The summed E-state index contributed by atoms with van der Waals surface area (Å²) in [5, 5.41) is 3.18. The van der Waals surface area contributed by atoms with Crippen LogP contribution in [0.5, 0.6) is 0 Å². The molecule has 2 fully saturated rings. The Kier molecular flexibility index (Phi) is 9.37. The third-order valence-electron chi connectivity index (χ3n) is 6.48. The molecule has 1 aromatic rings. The first-order chi connectivity index (χ1) is 12.8. The van der Waals surface area contributed by atoms with Crippen molar-refractivity contribution in [1.29, 1.82) is 0 Å². The molecule has 5 nitrogen and oxygen atoms in total. The number of hydrogen-bond donors (Lipinski definition) is 2. The SMILES string of the molecule is CCOC1CC(N)(C(=O)NC2CCN(Cc3ccc(F)cc3)CC2)C1(C)C.Cl.Cl. The summed E-state index contributed by atoms with van der Waals surface area (Å²) in [5.74, 6) is -0.262. The van der Waals surface area contributed by atoms with E-state index in [2.05, 4.69) is 10.2 Å². The van der Waals surface area contributed by atoms with Crippen molar-refractivity contribution >= 4 is 30.7 Å². The Morgan fingerprint density at radius 2 is 1.83 bits per heavy atom. The Morgan fingerprint density at radius 3 is 2.34 bits per heavy atom. The standard InChI is InChI=1S/C21H32FN3O2.2ClH/c1-4-27-18-13-21(23,20(18,2)3)19(26)24-17-9-11-25(12-10-17)14-15-5-7-16(22)8-6-15;;/h5-8,17-18H,4,9-14,23H2,1-3H3,(H,24,26);2*1H. The van der Waals surface area contributed by atoms with E-state index in [1.165, 1.54) is 12.1 Å². The van der Waals surface area contributed by atoms with E-state index in [1.54, 1.807) is 0 Å². The second-order valence-corrected chi connectivity index (χ2v) is 8.49. The monoisotopic (exact) mass is 449 g/mol. The van der Waals surface area contributed by atoms with Crippen LogP contribution in [0.2, 0.25) is 0 Å². The first-order valence-corrected chi connectivity index (χ1v) is 9.94. The van der Waals surface area contributed by atoms with Gasteiger partial charge in [-0.25, -0.2) is 4.39 Å². The number of amides is 1. The number of likely N-dealkylation sites (tertiary alicyclic amines) is 1. The Labute approximate surface area is 185 Å². The number of rotatable bonds is 6. The lowest BCUT2D eigenvalue weighted by molar-refractivity contribution is -0.171. The minimum atomic E-state index is -0.863. The molecule has 2 unspecified atom stereocenters. The third-order valence-corrected chi connectivity index (χ3v) is 6.48. The van der Waals surface area contributed by atoms with Crippen LogP contribution in [0, 0.1) is 11.2 Å². The Morgan fingerprint density at radius 1 is 1.24 bits per heavy atom. The van der Waals surface area contributed by atoms with Crippen molar-refractivity contribution in [2.24, 2.45) is 11.1 Å². The van der Waals surface area contributed by atoms with E-state index in [0.29, 0.717) is 13.0 Å². The van der Waals surface area contributed by atoms with Crippen LogP contribution < -0.4 is 11.1 Å². The highest BCUT2D eigenvalue weighted by atomic mass is 35.5. The Hall–Kier alpha value is -0.920. The first-order valence-electron chi connectivity index (χ1n) is 9.94. The number of benzene rings is 1. The zero-order valence-corrected chi connectivity index (χ0v) is 19.1. The minimum Gasteiger partial charge on any atom is -0.378 e. The summed E-state index contributed by atoms with van der Waals surface area (Å²) in [6.07, 6.45) is 2.41. The molecule has 0 radical (unpaired) electrons. The van der Waals surface area contributed by atoms with Gasteiger partial charge in [0.25, 0.3) is 0 Å². The van der Waals surface area contributed by atoms with Crippen LogP contribution in [0.1, 0.15) is 45.6 Å². The van der Waals surface area contributed by atoms with Crippen molar-refractivity contribution in [3.63, 3.8) is 0 Å². The summed E-state index contributed by atoms with van der Waals surface area (Å²) in [5.41, 5.74) is 6.35. The van der Waals surface area contributed by atoms with Gasteiger partial charge in [0.2, 0.25) is 5.91 Å². The molecule has 2 atom stereocenters. The van der Waals surface area contributed by atoms with Gasteiger partial charge < -0.3 is 15.8 Å². The fourth-order valence-electron chi connectivity index (χ4n) is 4.22. The van der Waals surface area contributed by atoms with Crippen LogP contribution in [-0.2, 0) is 16.1 Å². The van der Waals surface area contributed by atoms with Gasteiger partial charge in [-0.15, -0.1) is 24.8 Å². The molecule has 1 amide bonds. The fraction of sp³-hybridized carbons (Fsp3) is 0.667. The van der Waals surface area contributed by atoms with E-state index in [-0.39, 0.29) is 54.1 Å². The highest BCUT2D eigenvalue weighted by Crippen LogP contribution is 2.49. The zero-order valence-electron chi connectivity index (χ0n) is 17.4. The van der Waals surface area contributed by atoms with Gasteiger partial charge in [0, 0.05) is 44.1 Å². The smallest absolute Gasteiger partial charge is 0.241 e. The van der Waals surface area contributed by atoms with Crippen molar-refractivity contribution < 1.29 is 13.9 Å². The average molecular weight is 450 g/mol. The molecule has 8 heteroatoms. The number of ether oxygens (including phenoxy) is 1. The summed E-state index contributed by atoms with van der Waals surface area (Å²) in [6, 6.07) is 6.81. The predicted octanol–water partition coefficient (Wildman–Crippen LogP) is 3.28. The molecule has 0 bridgehead atoms. The summed E-state index contributed by atoms with van der Waals surface area (Å²) in [4.78, 5) is 15.2. The van der Waals surface area contributed by atoms with Gasteiger partial charge in [0.15, 0.2) is 0 Å². The Balaban J connectivity index is 0.00000210. The molecule has 1 saturated carbocycles. The summed E-state index contributed by atoms with van der Waals surface area (Å²) in [6.45, 7) is 9.26. The van der Waals surface area contributed by atoms with E-state index in [0.717, 1.165) is 38.0 Å². The molecule has 0 aromatic heterocycles. The average Bonchev–Trinajstić information content (AvgIpc) is 2.64. The first kappa shape index (κ1) is 26.1. The molecular formula is C21H34Cl2FN3O2. The van der Waals surface area contributed by atoms with E-state index in [4.69, 9.17) is 10.5 Å². The highest BCUT2D eigenvalue weighted by molar-refractivity contribution is 5.89. The van der Waals surface area contributed by atoms with Gasteiger partial charge in [-0.1, -0.05) is 26.0 Å². The molecule has 1 aliphatic heterocycles. The number of halogens is 3. The number of piperidine rings is 1. The molecule has 0 spiro atoms. The molecule has 1 saturated heterocycles. The summed E-state index contributed by atoms with van der Waals surface area (Å²) >= 11 is 0. The van der Waals surface area contributed by atoms with Crippen LogP contribution in [0.3, 0.4) is 0 Å². The lowest BCUT2D eigenvalue weighted by atomic mass is 9.54. The van der Waals surface area contributed by atoms with Crippen molar-refractivity contribution in [3.8, 4) is 0 Å². The molecule has 2 aliphatic rings. The zero-order chi connectivity index (χ0) is 19.7. The largest absolute Gasteiger partial charge is 0.378 e. The van der Waals surface area contributed by atoms with Crippen LogP contribution in [0.4, 0.5) is 4.39 Å². The highest BCUT2D eigenvalue weighted by Gasteiger charge is 2.63. The number of carbonyl (C=O) groups is 1. The van der Waals surface area contributed by atoms with Crippen LogP contribution >= 0.6 is 24.8 Å². The molecular weight excluding hydrogens is 416 g/mol. The molecule has 1 aromatic carbocycles. The molecule has 1 heterocycles. The van der Waals surface area contributed by atoms with Crippen molar-refractivity contribution in [2.45, 2.75) is 64.3 Å². The molecule has 166 valence electrons. The molecule has 3 rings (SSSR count). The normalized spacial score (nSPS) is 26.6. The van der Waals surface area contributed by atoms with Gasteiger partial charge in [-0.2, -0.15) is 0 Å². The van der Waals surface area contributed by atoms with Crippen molar-refractivity contribution in [2.75, 3.05) is 19.7 Å². The topological polar surface area (TPSA) is 67.6 Å². The lowest BCUT2D eigenvalue weighted by Gasteiger charge is -2.57. The second kappa shape index (κ2) is 10.4. The number of nitrogens with one attached hydrogen (secondary N) is 1. The van der Waals surface area contributed by atoms with Gasteiger partial charge in [0.05, 0.1) is 6.10 Å². The maximum atomic E-state index is 13.0. The van der Waals surface area contributed by atoms with Gasteiger partial charge in [0.1, 0.15) is 11.4 Å². The fourth-order valence-corrected chi connectivity index (χ4v) is 4.22. The third kappa shape index (κ3) is 5.42. The predicted molar refractivity (Wildman–Crippen MR) is 118 cm³/mol. The quantitative estimate of drug-likeness (QED) is 0.698. The Bertz CT molecular complexity index is 666. The summed E-state index contributed by atoms with van der Waals surface area (Å²) < 4.78 is 18.7. The molecule has 29 heavy (non-hydrogen) atoms. The molecule has 3 N–H and O–H groups in total. The molecule has 1 aliphatic carbocycles. The van der Waals surface area contributed by atoms with Crippen LogP contribution in [0.25, 0.3) is 0 Å². The van der Waals surface area contributed by atoms with E-state index >= 15 is 0 Å². The van der Waals surface area contributed by atoms with Gasteiger partial charge in [-0.05, 0) is 37.5 Å². The number of hydrogen-bond acceptors (Lipinski definition) is 4. The van der Waals surface area contributed by atoms with E-state index in [9.17, 15) is 9.18 Å². The van der Waals surface area contributed by atoms with E-state index in [1.807, 2.05) is 32.9 Å². The minimum absolute atomic E-state index is 0.